The van der Waals surface area contributed by atoms with Crippen molar-refractivity contribution in [2.75, 3.05) is 0 Å². The Morgan fingerprint density at radius 1 is 1.04 bits per heavy atom. The van der Waals surface area contributed by atoms with Crippen molar-refractivity contribution in [2.24, 2.45) is 0 Å². The number of nitrogens with zero attached hydrogens (tertiary/aromatic N) is 3. The molecule has 2 heterocycles. The van der Waals surface area contributed by atoms with Gasteiger partial charge in [-0.2, -0.15) is 0 Å². The summed E-state index contributed by atoms with van der Waals surface area (Å²) >= 11 is 5.95. The first-order valence-corrected chi connectivity index (χ1v) is 8.96. The minimum atomic E-state index is -0.148. The van der Waals surface area contributed by atoms with Gasteiger partial charge < -0.3 is 5.32 Å². The molecule has 0 aliphatic rings. The Morgan fingerprint density at radius 2 is 1.78 bits per heavy atom. The van der Waals surface area contributed by atoms with Gasteiger partial charge in [0.2, 0.25) is 0 Å². The molecule has 0 aliphatic carbocycles. The molecule has 134 valence electrons. The van der Waals surface area contributed by atoms with E-state index in [-0.39, 0.29) is 11.9 Å². The second kappa shape index (κ2) is 7.21. The number of benzene rings is 2. The van der Waals surface area contributed by atoms with Crippen LogP contribution in [0.1, 0.15) is 28.9 Å². The lowest BCUT2D eigenvalue weighted by molar-refractivity contribution is 0.0940. The molecule has 0 bridgehead atoms. The van der Waals surface area contributed by atoms with E-state index in [0.717, 1.165) is 11.1 Å². The van der Waals surface area contributed by atoms with Crippen LogP contribution < -0.4 is 5.32 Å². The van der Waals surface area contributed by atoms with Gasteiger partial charge in [0.15, 0.2) is 11.5 Å². The number of hydrogen-bond acceptors (Lipinski definition) is 3. The van der Waals surface area contributed by atoms with Gasteiger partial charge in [0.1, 0.15) is 0 Å². The fourth-order valence-corrected chi connectivity index (χ4v) is 3.06. The van der Waals surface area contributed by atoms with Crippen LogP contribution >= 0.6 is 11.6 Å². The molecule has 2 aromatic carbocycles. The fourth-order valence-electron chi connectivity index (χ4n) is 2.93. The Kier molecular flexibility index (Phi) is 4.60. The summed E-state index contributed by atoms with van der Waals surface area (Å²) in [5, 5.41) is 12.1. The van der Waals surface area contributed by atoms with E-state index in [9.17, 15) is 4.79 Å². The number of hydrogen-bond donors (Lipinski definition) is 1. The largest absolute Gasteiger partial charge is 0.346 e. The molecule has 4 rings (SSSR count). The van der Waals surface area contributed by atoms with E-state index < -0.39 is 0 Å². The van der Waals surface area contributed by atoms with Gasteiger partial charge in [-0.25, -0.2) is 0 Å². The van der Waals surface area contributed by atoms with Crippen LogP contribution in [0.5, 0.6) is 0 Å². The van der Waals surface area contributed by atoms with Gasteiger partial charge in [0.05, 0.1) is 6.04 Å². The molecule has 1 N–H and O–H groups in total. The number of pyridine rings is 1. The zero-order chi connectivity index (χ0) is 18.8. The van der Waals surface area contributed by atoms with Gasteiger partial charge in [-0.3, -0.25) is 9.20 Å². The monoisotopic (exact) mass is 376 g/mol. The van der Waals surface area contributed by atoms with E-state index in [4.69, 9.17) is 11.6 Å². The molecule has 2 aromatic heterocycles. The van der Waals surface area contributed by atoms with Gasteiger partial charge >= 0.3 is 0 Å². The molecular weight excluding hydrogens is 360 g/mol. The highest BCUT2D eigenvalue weighted by Crippen LogP contribution is 2.21. The van der Waals surface area contributed by atoms with Crippen LogP contribution in [0.3, 0.4) is 0 Å². The summed E-state index contributed by atoms with van der Waals surface area (Å²) < 4.78 is 1.85. The van der Waals surface area contributed by atoms with Gasteiger partial charge in [-0.1, -0.05) is 41.9 Å². The van der Waals surface area contributed by atoms with E-state index in [1.165, 1.54) is 0 Å². The van der Waals surface area contributed by atoms with E-state index in [0.29, 0.717) is 22.1 Å². The molecule has 6 heteroatoms. The Morgan fingerprint density at radius 3 is 2.52 bits per heavy atom. The van der Waals surface area contributed by atoms with Gasteiger partial charge in [0.25, 0.3) is 5.91 Å². The van der Waals surface area contributed by atoms with Crippen molar-refractivity contribution < 1.29 is 4.79 Å². The second-order valence-corrected chi connectivity index (χ2v) is 6.72. The van der Waals surface area contributed by atoms with Gasteiger partial charge in [-0.05, 0) is 48.9 Å². The van der Waals surface area contributed by atoms with Crippen LogP contribution in [0.15, 0.2) is 72.9 Å². The van der Waals surface area contributed by atoms with Crippen LogP contribution in [0, 0.1) is 0 Å². The lowest BCUT2D eigenvalue weighted by Crippen LogP contribution is -2.26. The number of halogens is 1. The van der Waals surface area contributed by atoms with Gasteiger partial charge in [-0.15, -0.1) is 10.2 Å². The molecule has 27 heavy (non-hydrogen) atoms. The first kappa shape index (κ1) is 17.2. The molecule has 5 nitrogen and oxygen atoms in total. The summed E-state index contributed by atoms with van der Waals surface area (Å²) in [4.78, 5) is 12.6. The Bertz CT molecular complexity index is 1090. The highest BCUT2D eigenvalue weighted by atomic mass is 35.5. The van der Waals surface area contributed by atoms with Crippen molar-refractivity contribution in [1.29, 1.82) is 0 Å². The van der Waals surface area contributed by atoms with Crippen LogP contribution in [0.4, 0.5) is 0 Å². The summed E-state index contributed by atoms with van der Waals surface area (Å²) in [6, 6.07) is 20.7. The molecule has 0 radical (unpaired) electrons. The Labute approximate surface area is 161 Å². The average Bonchev–Trinajstić information content (AvgIpc) is 3.12. The molecule has 1 atom stereocenters. The fraction of sp³-hybridized carbons (Fsp3) is 0.0952. The summed E-state index contributed by atoms with van der Waals surface area (Å²) in [5.41, 5.74) is 3.11. The van der Waals surface area contributed by atoms with E-state index >= 15 is 0 Å². The predicted molar refractivity (Wildman–Crippen MR) is 106 cm³/mol. The number of aromatic nitrogens is 3. The molecule has 0 spiro atoms. The SMILES string of the molecule is C[C@H](NC(=O)c1ccn2c(-c3ccc(Cl)cc3)nnc2c1)c1ccccc1. The minimum absolute atomic E-state index is 0.0857. The Balaban J connectivity index is 1.59. The standard InChI is InChI=1S/C21H17ClN4O/c1-14(15-5-3-2-4-6-15)23-21(27)17-11-12-26-19(13-17)24-25-20(26)16-7-9-18(22)10-8-16/h2-14H,1H3,(H,23,27)/t14-/m0/s1. The molecule has 1 amide bonds. The third kappa shape index (κ3) is 3.55. The molecule has 0 unspecified atom stereocenters. The lowest BCUT2D eigenvalue weighted by Gasteiger charge is -2.14. The second-order valence-electron chi connectivity index (χ2n) is 6.28. The smallest absolute Gasteiger partial charge is 0.251 e. The predicted octanol–water partition coefficient (Wildman–Crippen LogP) is 4.54. The third-order valence-electron chi connectivity index (χ3n) is 4.42. The average molecular weight is 377 g/mol. The van der Waals surface area contributed by atoms with Crippen molar-refractivity contribution in [1.82, 2.24) is 19.9 Å². The maximum absolute atomic E-state index is 12.6. The van der Waals surface area contributed by atoms with E-state index in [2.05, 4.69) is 15.5 Å². The van der Waals surface area contributed by atoms with Crippen molar-refractivity contribution in [3.63, 3.8) is 0 Å². The quantitative estimate of drug-likeness (QED) is 0.568. The summed E-state index contributed by atoms with van der Waals surface area (Å²) in [6.45, 7) is 1.96. The summed E-state index contributed by atoms with van der Waals surface area (Å²) in [6.07, 6.45) is 1.81. The zero-order valence-corrected chi connectivity index (χ0v) is 15.4. The maximum atomic E-state index is 12.6. The molecule has 0 saturated heterocycles. The normalized spacial score (nSPS) is 12.1. The lowest BCUT2D eigenvalue weighted by atomic mass is 10.1. The third-order valence-corrected chi connectivity index (χ3v) is 4.67. The summed E-state index contributed by atoms with van der Waals surface area (Å²) in [5.74, 6) is 0.552. The van der Waals surface area contributed by atoms with E-state index in [1.807, 2.05) is 65.9 Å². The number of carbonyl (C=O) groups excluding carboxylic acids is 1. The summed E-state index contributed by atoms with van der Waals surface area (Å²) in [7, 11) is 0. The number of carbonyl (C=O) groups is 1. The van der Waals surface area contributed by atoms with Crippen LogP contribution in [0.25, 0.3) is 17.0 Å². The van der Waals surface area contributed by atoms with Gasteiger partial charge in [0, 0.05) is 22.3 Å². The first-order valence-electron chi connectivity index (χ1n) is 8.58. The first-order chi connectivity index (χ1) is 13.1. The van der Waals surface area contributed by atoms with E-state index in [1.54, 1.807) is 18.3 Å². The number of amides is 1. The molecule has 4 aromatic rings. The van der Waals surface area contributed by atoms with Crippen LogP contribution in [0.2, 0.25) is 5.02 Å². The van der Waals surface area contributed by atoms with Crippen LogP contribution in [-0.2, 0) is 0 Å². The Hall–Kier alpha value is -3.18. The molecule has 0 aliphatic heterocycles. The van der Waals surface area contributed by atoms with Crippen molar-refractivity contribution in [2.45, 2.75) is 13.0 Å². The van der Waals surface area contributed by atoms with Crippen molar-refractivity contribution in [3.8, 4) is 11.4 Å². The highest BCUT2D eigenvalue weighted by molar-refractivity contribution is 6.30. The zero-order valence-electron chi connectivity index (χ0n) is 14.6. The van der Waals surface area contributed by atoms with Crippen molar-refractivity contribution >= 4 is 23.2 Å². The topological polar surface area (TPSA) is 59.3 Å². The van der Waals surface area contributed by atoms with Crippen molar-refractivity contribution in [3.05, 3.63) is 89.1 Å². The number of nitrogens with one attached hydrogen (secondary N) is 1. The number of fused-ring (bicyclic) bond motifs is 1. The molecular formula is C21H17ClN4O. The molecule has 0 fully saturated rings. The van der Waals surface area contributed by atoms with Crippen LogP contribution in [-0.4, -0.2) is 20.5 Å². The highest BCUT2D eigenvalue weighted by Gasteiger charge is 2.14. The molecule has 0 saturated carbocycles. The number of rotatable bonds is 4. The maximum Gasteiger partial charge on any atom is 0.251 e. The minimum Gasteiger partial charge on any atom is -0.346 e.